The maximum absolute atomic E-state index is 12.2. The van der Waals surface area contributed by atoms with E-state index in [2.05, 4.69) is 5.32 Å². The van der Waals surface area contributed by atoms with E-state index in [4.69, 9.17) is 50.8 Å². The predicted octanol–water partition coefficient (Wildman–Crippen LogP) is 3.12. The second-order valence-electron chi connectivity index (χ2n) is 4.52. The summed E-state index contributed by atoms with van der Waals surface area (Å²) in [6, 6.07) is 9.99. The molecular formula is C14H13Cl4N2O2+. The first-order valence-electron chi connectivity index (χ1n) is 6.35. The zero-order valence-electron chi connectivity index (χ0n) is 11.2. The van der Waals surface area contributed by atoms with Gasteiger partial charge in [0.1, 0.15) is 6.54 Å². The standard InChI is InChI=1S/C14H12Cl4N2O2/c15-10-5-3-9(4-6-10)12(21)20-13(14(16,17)18)19-8-11-2-1-7-22-11/h1-7,13,19H,8H2,(H,20,21)/p+1/t13-/m0/s1. The van der Waals surface area contributed by atoms with Crippen molar-refractivity contribution in [1.29, 1.82) is 0 Å². The maximum atomic E-state index is 12.2. The third kappa shape index (κ3) is 5.07. The third-order valence-electron chi connectivity index (χ3n) is 2.88. The first kappa shape index (κ1) is 17.4. The first-order chi connectivity index (χ1) is 10.4. The minimum Gasteiger partial charge on any atom is -0.463 e. The van der Waals surface area contributed by atoms with Gasteiger partial charge in [0.15, 0.2) is 5.76 Å². The molecule has 0 aliphatic carbocycles. The summed E-state index contributed by atoms with van der Waals surface area (Å²) in [6.45, 7) is 0.423. The summed E-state index contributed by atoms with van der Waals surface area (Å²) in [7, 11) is 0. The summed E-state index contributed by atoms with van der Waals surface area (Å²) in [5.74, 6) is 0.351. The van der Waals surface area contributed by atoms with Gasteiger partial charge in [0.2, 0.25) is 6.17 Å². The zero-order valence-corrected chi connectivity index (χ0v) is 14.3. The number of nitrogens with one attached hydrogen (secondary N) is 1. The number of carbonyl (C=O) groups is 1. The lowest BCUT2D eigenvalue weighted by molar-refractivity contribution is -0.708. The summed E-state index contributed by atoms with van der Waals surface area (Å²) in [6.07, 6.45) is 0.783. The maximum Gasteiger partial charge on any atom is 0.262 e. The van der Waals surface area contributed by atoms with Crippen molar-refractivity contribution in [3.63, 3.8) is 0 Å². The molecule has 1 aromatic carbocycles. The van der Waals surface area contributed by atoms with Gasteiger partial charge in [-0.2, -0.15) is 0 Å². The molecule has 1 heterocycles. The Hall–Kier alpha value is -0.910. The predicted molar refractivity (Wildman–Crippen MR) is 87.3 cm³/mol. The second-order valence-corrected chi connectivity index (χ2v) is 7.32. The molecule has 0 fully saturated rings. The number of rotatable bonds is 5. The molecule has 8 heteroatoms. The summed E-state index contributed by atoms with van der Waals surface area (Å²) < 4.78 is 3.54. The fourth-order valence-electron chi connectivity index (χ4n) is 1.76. The van der Waals surface area contributed by atoms with Crippen molar-refractivity contribution in [2.75, 3.05) is 0 Å². The van der Waals surface area contributed by atoms with E-state index in [9.17, 15) is 4.79 Å². The van der Waals surface area contributed by atoms with E-state index in [1.807, 2.05) is 0 Å². The van der Waals surface area contributed by atoms with Gasteiger partial charge < -0.3 is 9.73 Å². The minimum absolute atomic E-state index is 0.358. The second kappa shape index (κ2) is 7.57. The Bertz CT molecular complexity index is 609. The Balaban J connectivity index is 2.03. The number of hydrogen-bond acceptors (Lipinski definition) is 2. The van der Waals surface area contributed by atoms with Gasteiger partial charge >= 0.3 is 0 Å². The highest BCUT2D eigenvalue weighted by Crippen LogP contribution is 2.27. The summed E-state index contributed by atoms with van der Waals surface area (Å²) in [4.78, 5) is 12.2. The first-order valence-corrected chi connectivity index (χ1v) is 7.86. The zero-order chi connectivity index (χ0) is 16.2. The molecule has 118 valence electrons. The normalized spacial score (nSPS) is 12.9. The minimum atomic E-state index is -1.67. The molecule has 0 unspecified atom stereocenters. The summed E-state index contributed by atoms with van der Waals surface area (Å²) >= 11 is 23.6. The van der Waals surface area contributed by atoms with Crippen molar-refractivity contribution in [3.05, 3.63) is 59.0 Å². The van der Waals surface area contributed by atoms with Crippen molar-refractivity contribution in [3.8, 4) is 0 Å². The number of nitrogens with two attached hydrogens (primary N) is 1. The molecule has 0 aliphatic heterocycles. The van der Waals surface area contributed by atoms with Crippen LogP contribution in [0.15, 0.2) is 47.1 Å². The highest BCUT2D eigenvalue weighted by Gasteiger charge is 2.37. The molecule has 0 saturated heterocycles. The van der Waals surface area contributed by atoms with Gasteiger partial charge in [-0.1, -0.05) is 46.4 Å². The van der Waals surface area contributed by atoms with Gasteiger partial charge in [-0.05, 0) is 36.4 Å². The van der Waals surface area contributed by atoms with Crippen molar-refractivity contribution in [2.24, 2.45) is 0 Å². The van der Waals surface area contributed by atoms with E-state index in [1.165, 1.54) is 0 Å². The van der Waals surface area contributed by atoms with Gasteiger partial charge in [0.05, 0.1) is 6.26 Å². The van der Waals surface area contributed by atoms with E-state index in [-0.39, 0.29) is 5.91 Å². The molecule has 1 aromatic heterocycles. The molecule has 0 radical (unpaired) electrons. The number of quaternary nitrogens is 1. The number of amides is 1. The molecule has 0 spiro atoms. The molecule has 2 aromatic rings. The van der Waals surface area contributed by atoms with Gasteiger partial charge in [0, 0.05) is 10.6 Å². The number of hydrogen-bond donors (Lipinski definition) is 2. The molecule has 4 nitrogen and oxygen atoms in total. The lowest BCUT2D eigenvalue weighted by Crippen LogP contribution is -2.95. The molecule has 0 bridgehead atoms. The quantitative estimate of drug-likeness (QED) is 0.616. The average molecular weight is 383 g/mol. The SMILES string of the molecule is O=C(N[C@H]([NH2+]Cc1ccco1)C(Cl)(Cl)Cl)c1ccc(Cl)cc1. The van der Waals surface area contributed by atoms with Gasteiger partial charge in [-0.3, -0.25) is 10.1 Å². The number of benzene rings is 1. The van der Waals surface area contributed by atoms with E-state index >= 15 is 0 Å². The van der Waals surface area contributed by atoms with Gasteiger partial charge in [-0.25, -0.2) is 0 Å². The van der Waals surface area contributed by atoms with Crippen LogP contribution >= 0.6 is 46.4 Å². The number of alkyl halides is 3. The van der Waals surface area contributed by atoms with Crippen LogP contribution in [0.5, 0.6) is 0 Å². The Kier molecular flexibility index (Phi) is 6.01. The topological polar surface area (TPSA) is 58.9 Å². The fourth-order valence-corrected chi connectivity index (χ4v) is 2.32. The molecule has 0 aliphatic rings. The molecule has 1 atom stereocenters. The monoisotopic (exact) mass is 381 g/mol. The Morgan fingerprint density at radius 1 is 1.23 bits per heavy atom. The largest absolute Gasteiger partial charge is 0.463 e. The molecular weight excluding hydrogens is 370 g/mol. The van der Waals surface area contributed by atoms with Crippen molar-refractivity contribution in [1.82, 2.24) is 5.32 Å². The summed E-state index contributed by atoms with van der Waals surface area (Å²) in [5, 5.41) is 4.90. The molecule has 3 N–H and O–H groups in total. The van der Waals surface area contributed by atoms with Crippen molar-refractivity contribution >= 4 is 52.3 Å². The lowest BCUT2D eigenvalue weighted by Gasteiger charge is -2.23. The fraction of sp³-hybridized carbons (Fsp3) is 0.214. The Morgan fingerprint density at radius 2 is 1.91 bits per heavy atom. The smallest absolute Gasteiger partial charge is 0.262 e. The van der Waals surface area contributed by atoms with Crippen LogP contribution < -0.4 is 10.6 Å². The van der Waals surface area contributed by atoms with E-state index in [1.54, 1.807) is 48.0 Å². The van der Waals surface area contributed by atoms with E-state index in [0.717, 1.165) is 0 Å². The molecule has 22 heavy (non-hydrogen) atoms. The highest BCUT2D eigenvalue weighted by atomic mass is 35.6. The van der Waals surface area contributed by atoms with Crippen LogP contribution in [0.1, 0.15) is 16.1 Å². The van der Waals surface area contributed by atoms with Crippen LogP contribution in [0.25, 0.3) is 0 Å². The number of halogens is 4. The van der Waals surface area contributed by atoms with Crippen LogP contribution in [0.2, 0.25) is 5.02 Å². The third-order valence-corrected chi connectivity index (χ3v) is 3.84. The highest BCUT2D eigenvalue weighted by molar-refractivity contribution is 6.68. The number of furan rings is 1. The Morgan fingerprint density at radius 3 is 2.45 bits per heavy atom. The van der Waals surface area contributed by atoms with Crippen molar-refractivity contribution < 1.29 is 14.5 Å². The van der Waals surface area contributed by atoms with E-state index in [0.29, 0.717) is 22.9 Å². The molecule has 2 rings (SSSR count). The van der Waals surface area contributed by atoms with E-state index < -0.39 is 9.96 Å². The summed E-state index contributed by atoms with van der Waals surface area (Å²) in [5.41, 5.74) is 0.426. The van der Waals surface area contributed by atoms with Crippen LogP contribution in [-0.2, 0) is 6.54 Å². The molecule has 1 amide bonds. The van der Waals surface area contributed by atoms with Crippen LogP contribution in [0, 0.1) is 0 Å². The lowest BCUT2D eigenvalue weighted by atomic mass is 10.2. The molecule has 0 saturated carbocycles. The van der Waals surface area contributed by atoms with Crippen molar-refractivity contribution in [2.45, 2.75) is 16.5 Å². The van der Waals surface area contributed by atoms with Crippen LogP contribution in [-0.4, -0.2) is 15.9 Å². The average Bonchev–Trinajstić information content (AvgIpc) is 2.96. The van der Waals surface area contributed by atoms with Gasteiger partial charge in [-0.15, -0.1) is 0 Å². The number of carbonyl (C=O) groups excluding carboxylic acids is 1. The van der Waals surface area contributed by atoms with Crippen LogP contribution in [0.3, 0.4) is 0 Å². The van der Waals surface area contributed by atoms with Gasteiger partial charge in [0.25, 0.3) is 9.70 Å². The van der Waals surface area contributed by atoms with Crippen LogP contribution in [0.4, 0.5) is 0 Å². The Labute approximate surface area is 147 Å².